The lowest BCUT2D eigenvalue weighted by Gasteiger charge is -2.23. The molecule has 4 nitrogen and oxygen atoms in total. The molecule has 5 heteroatoms. The summed E-state index contributed by atoms with van der Waals surface area (Å²) in [4.78, 5) is 11.2. The first-order valence-corrected chi connectivity index (χ1v) is 8.31. The van der Waals surface area contributed by atoms with Crippen molar-refractivity contribution in [2.45, 2.75) is 20.4 Å². The molecule has 3 rings (SSSR count). The molecule has 1 aromatic heterocycles. The summed E-state index contributed by atoms with van der Waals surface area (Å²) in [7, 11) is 0. The lowest BCUT2D eigenvalue weighted by molar-refractivity contribution is 0.628. The number of aromatic nitrogens is 2. The Bertz CT molecular complexity index is 836. The van der Waals surface area contributed by atoms with Crippen LogP contribution in [0.25, 0.3) is 0 Å². The number of rotatable bonds is 6. The second kappa shape index (κ2) is 7.75. The summed E-state index contributed by atoms with van der Waals surface area (Å²) in [5, 5.41) is 3.08. The number of aryl methyl sites for hydroxylation is 1. The highest BCUT2D eigenvalue weighted by molar-refractivity contribution is 5.55. The fourth-order valence-corrected chi connectivity index (χ4v) is 2.62. The smallest absolute Gasteiger partial charge is 0.229 e. The van der Waals surface area contributed by atoms with Crippen LogP contribution in [0.5, 0.6) is 0 Å². The Labute approximate surface area is 147 Å². The van der Waals surface area contributed by atoms with E-state index >= 15 is 0 Å². The first kappa shape index (κ1) is 16.9. The maximum absolute atomic E-state index is 13.4. The van der Waals surface area contributed by atoms with Crippen molar-refractivity contribution < 1.29 is 4.39 Å². The van der Waals surface area contributed by atoms with E-state index in [-0.39, 0.29) is 5.82 Å². The van der Waals surface area contributed by atoms with Crippen molar-refractivity contribution in [2.75, 3.05) is 16.8 Å². The standard InChI is InChI=1S/C20H21FN4/c1-3-25(14-16-8-5-4-6-9-16)19-12-15(2)22-20(24-19)23-18-11-7-10-17(21)13-18/h4-13H,3,14H2,1-2H3,(H,22,23,24). The van der Waals surface area contributed by atoms with Gasteiger partial charge in [0.15, 0.2) is 0 Å². The number of anilines is 3. The van der Waals surface area contributed by atoms with E-state index in [2.05, 4.69) is 39.2 Å². The molecule has 128 valence electrons. The van der Waals surface area contributed by atoms with Gasteiger partial charge in [0, 0.05) is 30.5 Å². The maximum atomic E-state index is 13.4. The summed E-state index contributed by atoms with van der Waals surface area (Å²) < 4.78 is 13.4. The summed E-state index contributed by atoms with van der Waals surface area (Å²) in [5.74, 6) is 1.02. The lowest BCUT2D eigenvalue weighted by Crippen LogP contribution is -2.23. The average molecular weight is 336 g/mol. The van der Waals surface area contributed by atoms with Crippen molar-refractivity contribution in [3.8, 4) is 0 Å². The summed E-state index contributed by atoms with van der Waals surface area (Å²) in [6.07, 6.45) is 0. The van der Waals surface area contributed by atoms with Gasteiger partial charge in [-0.1, -0.05) is 36.4 Å². The molecule has 1 heterocycles. The van der Waals surface area contributed by atoms with Gasteiger partial charge in [-0.05, 0) is 37.6 Å². The zero-order chi connectivity index (χ0) is 17.6. The Morgan fingerprint density at radius 2 is 1.80 bits per heavy atom. The molecule has 25 heavy (non-hydrogen) atoms. The molecule has 0 unspecified atom stereocenters. The van der Waals surface area contributed by atoms with E-state index in [0.29, 0.717) is 11.6 Å². The van der Waals surface area contributed by atoms with Gasteiger partial charge in [0.2, 0.25) is 5.95 Å². The first-order valence-electron chi connectivity index (χ1n) is 8.31. The SMILES string of the molecule is CCN(Cc1ccccc1)c1cc(C)nc(Nc2cccc(F)c2)n1. The molecule has 2 aromatic carbocycles. The van der Waals surface area contributed by atoms with Gasteiger partial charge < -0.3 is 10.2 Å². The van der Waals surface area contributed by atoms with Crippen LogP contribution in [0, 0.1) is 12.7 Å². The number of hydrogen-bond acceptors (Lipinski definition) is 4. The largest absolute Gasteiger partial charge is 0.352 e. The highest BCUT2D eigenvalue weighted by atomic mass is 19.1. The summed E-state index contributed by atoms with van der Waals surface area (Å²) in [6.45, 7) is 5.62. The normalized spacial score (nSPS) is 10.5. The molecule has 0 atom stereocenters. The van der Waals surface area contributed by atoms with Gasteiger partial charge in [0.05, 0.1) is 0 Å². The van der Waals surface area contributed by atoms with Crippen LogP contribution < -0.4 is 10.2 Å². The molecular formula is C20H21FN4. The number of nitrogens with zero attached hydrogens (tertiary/aromatic N) is 3. The molecule has 0 fully saturated rings. The number of benzene rings is 2. The van der Waals surface area contributed by atoms with Crippen molar-refractivity contribution in [1.29, 1.82) is 0 Å². The molecule has 0 aliphatic carbocycles. The van der Waals surface area contributed by atoms with Crippen molar-refractivity contribution in [3.05, 3.63) is 77.7 Å². The van der Waals surface area contributed by atoms with Gasteiger partial charge in [-0.3, -0.25) is 0 Å². The zero-order valence-electron chi connectivity index (χ0n) is 14.4. The monoisotopic (exact) mass is 336 g/mol. The van der Waals surface area contributed by atoms with E-state index in [1.807, 2.05) is 31.2 Å². The fraction of sp³-hybridized carbons (Fsp3) is 0.200. The van der Waals surface area contributed by atoms with Gasteiger partial charge in [-0.2, -0.15) is 4.98 Å². The van der Waals surface area contributed by atoms with Gasteiger partial charge in [0.25, 0.3) is 0 Å². The highest BCUT2D eigenvalue weighted by Crippen LogP contribution is 2.20. The molecule has 0 saturated heterocycles. The van der Waals surface area contributed by atoms with Crippen molar-refractivity contribution in [3.63, 3.8) is 0 Å². The lowest BCUT2D eigenvalue weighted by atomic mass is 10.2. The Morgan fingerprint density at radius 3 is 2.52 bits per heavy atom. The second-order valence-electron chi connectivity index (χ2n) is 5.83. The Kier molecular flexibility index (Phi) is 5.23. The summed E-state index contributed by atoms with van der Waals surface area (Å²) >= 11 is 0. The van der Waals surface area contributed by atoms with E-state index in [4.69, 9.17) is 0 Å². The second-order valence-corrected chi connectivity index (χ2v) is 5.83. The Morgan fingerprint density at radius 1 is 1.00 bits per heavy atom. The third-order valence-corrected chi connectivity index (χ3v) is 3.84. The molecule has 0 radical (unpaired) electrons. The van der Waals surface area contributed by atoms with Crippen molar-refractivity contribution >= 4 is 17.5 Å². The van der Waals surface area contributed by atoms with Crippen LogP contribution in [-0.4, -0.2) is 16.5 Å². The minimum absolute atomic E-state index is 0.294. The molecule has 0 saturated carbocycles. The Hall–Kier alpha value is -2.95. The van der Waals surface area contributed by atoms with Crippen LogP contribution in [0.4, 0.5) is 21.8 Å². The molecular weight excluding hydrogens is 315 g/mol. The van der Waals surface area contributed by atoms with Crippen LogP contribution >= 0.6 is 0 Å². The minimum Gasteiger partial charge on any atom is -0.352 e. The molecule has 1 N–H and O–H groups in total. The van der Waals surface area contributed by atoms with Gasteiger partial charge >= 0.3 is 0 Å². The number of hydrogen-bond donors (Lipinski definition) is 1. The molecule has 0 aliphatic heterocycles. The van der Waals surface area contributed by atoms with E-state index in [1.54, 1.807) is 12.1 Å². The van der Waals surface area contributed by atoms with Crippen molar-refractivity contribution in [2.24, 2.45) is 0 Å². The maximum Gasteiger partial charge on any atom is 0.229 e. The van der Waals surface area contributed by atoms with Gasteiger partial charge in [-0.25, -0.2) is 9.37 Å². The molecule has 0 bridgehead atoms. The molecule has 0 amide bonds. The fourth-order valence-electron chi connectivity index (χ4n) is 2.62. The topological polar surface area (TPSA) is 41.1 Å². The van der Waals surface area contributed by atoms with E-state index in [1.165, 1.54) is 17.7 Å². The predicted octanol–water partition coefficient (Wildman–Crippen LogP) is 4.69. The molecule has 0 aliphatic rings. The number of nitrogens with one attached hydrogen (secondary N) is 1. The van der Waals surface area contributed by atoms with Crippen LogP contribution in [0.3, 0.4) is 0 Å². The quantitative estimate of drug-likeness (QED) is 0.709. The van der Waals surface area contributed by atoms with E-state index in [0.717, 1.165) is 24.6 Å². The molecule has 0 spiro atoms. The van der Waals surface area contributed by atoms with Crippen LogP contribution in [0.15, 0.2) is 60.7 Å². The highest BCUT2D eigenvalue weighted by Gasteiger charge is 2.10. The van der Waals surface area contributed by atoms with Crippen LogP contribution in [0.2, 0.25) is 0 Å². The van der Waals surface area contributed by atoms with Crippen molar-refractivity contribution in [1.82, 2.24) is 9.97 Å². The van der Waals surface area contributed by atoms with Gasteiger partial charge in [0.1, 0.15) is 11.6 Å². The van der Waals surface area contributed by atoms with Gasteiger partial charge in [-0.15, -0.1) is 0 Å². The minimum atomic E-state index is -0.294. The van der Waals surface area contributed by atoms with E-state index < -0.39 is 0 Å². The number of halogens is 1. The third-order valence-electron chi connectivity index (χ3n) is 3.84. The third kappa shape index (κ3) is 4.53. The predicted molar refractivity (Wildman–Crippen MR) is 99.6 cm³/mol. The van der Waals surface area contributed by atoms with Crippen LogP contribution in [0.1, 0.15) is 18.2 Å². The Balaban J connectivity index is 1.84. The average Bonchev–Trinajstić information content (AvgIpc) is 2.60. The first-order chi connectivity index (χ1) is 12.1. The van der Waals surface area contributed by atoms with Crippen LogP contribution in [-0.2, 0) is 6.54 Å². The summed E-state index contributed by atoms with van der Waals surface area (Å²) in [6, 6.07) is 18.5. The summed E-state index contributed by atoms with van der Waals surface area (Å²) in [5.41, 5.74) is 2.71. The zero-order valence-corrected chi connectivity index (χ0v) is 14.4. The molecule has 3 aromatic rings. The van der Waals surface area contributed by atoms with E-state index in [9.17, 15) is 4.39 Å².